The Balaban J connectivity index is 2.43. The van der Waals surface area contributed by atoms with E-state index in [2.05, 4.69) is 12.2 Å². The van der Waals surface area contributed by atoms with Crippen molar-refractivity contribution in [3.05, 3.63) is 23.0 Å². The summed E-state index contributed by atoms with van der Waals surface area (Å²) < 4.78 is 13.0. The lowest BCUT2D eigenvalue weighted by Gasteiger charge is -2.22. The third-order valence-corrected chi connectivity index (χ3v) is 3.38. The summed E-state index contributed by atoms with van der Waals surface area (Å²) in [5.74, 6) is -0.358. The van der Waals surface area contributed by atoms with Gasteiger partial charge in [-0.3, -0.25) is 0 Å². The van der Waals surface area contributed by atoms with Crippen molar-refractivity contribution < 1.29 is 4.39 Å². The number of anilines is 1. The Morgan fingerprint density at radius 2 is 2.38 bits per heavy atom. The molecule has 1 aromatic rings. The van der Waals surface area contributed by atoms with E-state index < -0.39 is 0 Å². The van der Waals surface area contributed by atoms with Crippen molar-refractivity contribution in [2.45, 2.75) is 17.1 Å². The van der Waals surface area contributed by atoms with Crippen LogP contribution in [0.3, 0.4) is 0 Å². The van der Waals surface area contributed by atoms with Crippen LogP contribution < -0.4 is 5.32 Å². The summed E-state index contributed by atoms with van der Waals surface area (Å²) in [5, 5.41) is 3.87. The maximum atomic E-state index is 13.0. The van der Waals surface area contributed by atoms with E-state index in [1.54, 1.807) is 17.8 Å². The molecule has 1 aliphatic heterocycles. The van der Waals surface area contributed by atoms with E-state index in [0.29, 0.717) is 5.25 Å². The van der Waals surface area contributed by atoms with E-state index in [4.69, 9.17) is 11.6 Å². The lowest BCUT2D eigenvalue weighted by molar-refractivity contribution is 0.627. The fourth-order valence-corrected chi connectivity index (χ4v) is 2.55. The van der Waals surface area contributed by atoms with Crippen LogP contribution in [0.4, 0.5) is 10.1 Å². The van der Waals surface area contributed by atoms with Crippen molar-refractivity contribution in [2.24, 2.45) is 0 Å². The van der Waals surface area contributed by atoms with Crippen LogP contribution in [-0.2, 0) is 0 Å². The van der Waals surface area contributed by atoms with Gasteiger partial charge in [0.2, 0.25) is 0 Å². The van der Waals surface area contributed by atoms with E-state index in [1.165, 1.54) is 6.07 Å². The van der Waals surface area contributed by atoms with Crippen molar-refractivity contribution in [3.8, 4) is 0 Å². The van der Waals surface area contributed by atoms with Crippen molar-refractivity contribution in [2.75, 3.05) is 11.9 Å². The molecule has 0 aliphatic carbocycles. The molecular formula is C9H9ClFNS. The molecule has 1 unspecified atom stereocenters. The fourth-order valence-electron chi connectivity index (χ4n) is 1.28. The van der Waals surface area contributed by atoms with E-state index in [1.807, 2.05) is 0 Å². The fraction of sp³-hybridized carbons (Fsp3) is 0.333. The second-order valence-electron chi connectivity index (χ2n) is 3.07. The molecule has 0 saturated carbocycles. The number of nitrogens with one attached hydrogen (secondary N) is 1. The summed E-state index contributed by atoms with van der Waals surface area (Å²) in [5.41, 5.74) is 0.852. The van der Waals surface area contributed by atoms with Gasteiger partial charge in [0.15, 0.2) is 0 Å². The van der Waals surface area contributed by atoms with E-state index in [9.17, 15) is 4.39 Å². The largest absolute Gasteiger partial charge is 0.383 e. The van der Waals surface area contributed by atoms with Crippen molar-refractivity contribution in [1.29, 1.82) is 0 Å². The van der Waals surface area contributed by atoms with E-state index in [0.717, 1.165) is 17.1 Å². The zero-order chi connectivity index (χ0) is 9.42. The number of hydrogen-bond acceptors (Lipinski definition) is 2. The van der Waals surface area contributed by atoms with Gasteiger partial charge in [-0.1, -0.05) is 18.5 Å². The first-order valence-corrected chi connectivity index (χ1v) is 5.32. The maximum absolute atomic E-state index is 13.0. The maximum Gasteiger partial charge on any atom is 0.143 e. The summed E-state index contributed by atoms with van der Waals surface area (Å²) in [4.78, 5) is 1.03. The predicted molar refractivity (Wildman–Crippen MR) is 55.2 cm³/mol. The molecular weight excluding hydrogens is 209 g/mol. The minimum Gasteiger partial charge on any atom is -0.383 e. The minimum absolute atomic E-state index is 0.196. The average molecular weight is 218 g/mol. The Bertz CT molecular complexity index is 343. The number of benzene rings is 1. The highest BCUT2D eigenvalue weighted by molar-refractivity contribution is 8.00. The van der Waals surface area contributed by atoms with E-state index in [-0.39, 0.29) is 10.8 Å². The van der Waals surface area contributed by atoms with Gasteiger partial charge in [-0.25, -0.2) is 4.39 Å². The molecule has 0 amide bonds. The minimum atomic E-state index is -0.358. The van der Waals surface area contributed by atoms with Gasteiger partial charge in [0.05, 0.1) is 10.7 Å². The van der Waals surface area contributed by atoms with Gasteiger partial charge in [0, 0.05) is 16.7 Å². The first-order valence-electron chi connectivity index (χ1n) is 4.06. The van der Waals surface area contributed by atoms with Gasteiger partial charge in [-0.2, -0.15) is 0 Å². The molecule has 13 heavy (non-hydrogen) atoms. The Morgan fingerprint density at radius 3 is 3.15 bits per heavy atom. The lowest BCUT2D eigenvalue weighted by Crippen LogP contribution is -2.18. The molecule has 2 rings (SSSR count). The molecule has 0 bridgehead atoms. The van der Waals surface area contributed by atoms with Crippen molar-refractivity contribution in [3.63, 3.8) is 0 Å². The Labute approximate surface area is 85.7 Å². The molecule has 0 radical (unpaired) electrons. The average Bonchev–Trinajstić information content (AvgIpc) is 2.08. The predicted octanol–water partition coefficient (Wildman–Crippen LogP) is 3.39. The number of halogens is 2. The van der Waals surface area contributed by atoms with Gasteiger partial charge in [-0.15, -0.1) is 11.8 Å². The Hall–Kier alpha value is -0.410. The molecule has 0 aromatic heterocycles. The number of hydrogen-bond donors (Lipinski definition) is 1. The normalized spacial score (nSPS) is 20.7. The van der Waals surface area contributed by atoms with E-state index >= 15 is 0 Å². The van der Waals surface area contributed by atoms with Crippen LogP contribution in [0.2, 0.25) is 5.02 Å². The number of rotatable bonds is 0. The quantitative estimate of drug-likeness (QED) is 0.715. The van der Waals surface area contributed by atoms with Crippen LogP contribution in [0.15, 0.2) is 17.0 Å². The summed E-state index contributed by atoms with van der Waals surface area (Å²) in [6, 6.07) is 3.14. The lowest BCUT2D eigenvalue weighted by atomic mass is 10.3. The third-order valence-electron chi connectivity index (χ3n) is 1.93. The van der Waals surface area contributed by atoms with Crippen LogP contribution in [0, 0.1) is 5.82 Å². The zero-order valence-corrected chi connectivity index (χ0v) is 8.68. The number of thioether (sulfide) groups is 1. The summed E-state index contributed by atoms with van der Waals surface area (Å²) in [7, 11) is 0. The second-order valence-corrected chi connectivity index (χ2v) is 4.96. The molecule has 0 fully saturated rings. The summed E-state index contributed by atoms with van der Waals surface area (Å²) in [6.45, 7) is 3.00. The van der Waals surface area contributed by atoms with Gasteiger partial charge in [-0.05, 0) is 12.1 Å². The SMILES string of the molecule is CC1CNc2cc(F)c(Cl)cc2S1. The first kappa shape index (κ1) is 9.16. The van der Waals surface area contributed by atoms with Gasteiger partial charge in [0.1, 0.15) is 5.82 Å². The topological polar surface area (TPSA) is 12.0 Å². The molecule has 1 atom stereocenters. The van der Waals surface area contributed by atoms with Crippen LogP contribution in [0.25, 0.3) is 0 Å². The van der Waals surface area contributed by atoms with Crippen LogP contribution >= 0.6 is 23.4 Å². The first-order chi connectivity index (χ1) is 6.16. The van der Waals surface area contributed by atoms with Gasteiger partial charge >= 0.3 is 0 Å². The molecule has 1 aliphatic rings. The molecule has 1 aromatic carbocycles. The Kier molecular flexibility index (Phi) is 2.39. The zero-order valence-electron chi connectivity index (χ0n) is 7.10. The summed E-state index contributed by atoms with van der Waals surface area (Å²) >= 11 is 7.40. The molecule has 70 valence electrons. The van der Waals surface area contributed by atoms with Crippen molar-refractivity contribution >= 4 is 29.1 Å². The van der Waals surface area contributed by atoms with Gasteiger partial charge in [0.25, 0.3) is 0 Å². The van der Waals surface area contributed by atoms with Crippen LogP contribution in [0.5, 0.6) is 0 Å². The third kappa shape index (κ3) is 1.76. The highest BCUT2D eigenvalue weighted by Gasteiger charge is 2.17. The second kappa shape index (κ2) is 3.39. The molecule has 1 heterocycles. The van der Waals surface area contributed by atoms with Crippen LogP contribution in [0.1, 0.15) is 6.92 Å². The van der Waals surface area contributed by atoms with Gasteiger partial charge < -0.3 is 5.32 Å². The molecule has 1 N–H and O–H groups in total. The smallest absolute Gasteiger partial charge is 0.143 e. The molecule has 1 nitrogen and oxygen atoms in total. The van der Waals surface area contributed by atoms with Crippen molar-refractivity contribution in [1.82, 2.24) is 0 Å². The Morgan fingerprint density at radius 1 is 1.62 bits per heavy atom. The highest BCUT2D eigenvalue weighted by atomic mass is 35.5. The molecule has 4 heteroatoms. The summed E-state index contributed by atoms with van der Waals surface area (Å²) in [6.07, 6.45) is 0. The molecule has 0 spiro atoms. The van der Waals surface area contributed by atoms with Crippen LogP contribution in [-0.4, -0.2) is 11.8 Å². The molecule has 0 saturated heterocycles. The standard InChI is InChI=1S/C9H9ClFNS/c1-5-4-12-8-3-7(11)6(10)2-9(8)13-5/h2-3,5,12H,4H2,1H3. The number of fused-ring (bicyclic) bond motifs is 1. The monoisotopic (exact) mass is 217 g/mol. The highest BCUT2D eigenvalue weighted by Crippen LogP contribution is 2.37.